The van der Waals surface area contributed by atoms with Crippen LogP contribution in [0, 0.1) is 0 Å². The summed E-state index contributed by atoms with van der Waals surface area (Å²) in [4.78, 5) is 16.5. The first-order valence-electron chi connectivity index (χ1n) is 5.09. The molecule has 0 unspecified atom stereocenters. The minimum atomic E-state index is -0.144. The summed E-state index contributed by atoms with van der Waals surface area (Å²) in [7, 11) is 0. The zero-order chi connectivity index (χ0) is 12.7. The van der Waals surface area contributed by atoms with Crippen molar-refractivity contribution < 1.29 is 0 Å². The molecule has 0 atom stereocenters. The summed E-state index contributed by atoms with van der Waals surface area (Å²) in [5, 5.41) is 1.51. The first-order chi connectivity index (χ1) is 8.66. The van der Waals surface area contributed by atoms with E-state index in [1.165, 1.54) is 0 Å². The summed E-state index contributed by atoms with van der Waals surface area (Å²) in [6.07, 6.45) is 1.67. The van der Waals surface area contributed by atoms with Crippen molar-refractivity contribution in [2.24, 2.45) is 0 Å². The quantitative estimate of drug-likeness (QED) is 0.637. The van der Waals surface area contributed by atoms with E-state index in [0.29, 0.717) is 21.2 Å². The van der Waals surface area contributed by atoms with Gasteiger partial charge in [0, 0.05) is 0 Å². The van der Waals surface area contributed by atoms with Crippen molar-refractivity contribution in [3.63, 3.8) is 0 Å². The molecule has 0 aliphatic heterocycles. The van der Waals surface area contributed by atoms with Crippen LogP contribution in [-0.4, -0.2) is 23.3 Å². The molecule has 0 fully saturated rings. The molecular formula is C12H6Cl2N2OSe. The van der Waals surface area contributed by atoms with Crippen LogP contribution in [0.25, 0.3) is 15.5 Å². The summed E-state index contributed by atoms with van der Waals surface area (Å²) in [5.74, 6) is 0.658. The number of rotatable bonds is 1. The SMILES string of the molecule is O=c1c2cc(Cl)c(Cl)cc2[se]n1-c1ccccn1. The van der Waals surface area contributed by atoms with Crippen LogP contribution in [0.5, 0.6) is 0 Å². The number of halogens is 2. The predicted octanol–water partition coefficient (Wildman–Crippen LogP) is 2.75. The van der Waals surface area contributed by atoms with Gasteiger partial charge in [-0.2, -0.15) is 0 Å². The maximum atomic E-state index is 12.3. The van der Waals surface area contributed by atoms with Gasteiger partial charge >= 0.3 is 119 Å². The van der Waals surface area contributed by atoms with Crippen LogP contribution in [0.4, 0.5) is 0 Å². The van der Waals surface area contributed by atoms with E-state index in [9.17, 15) is 4.79 Å². The van der Waals surface area contributed by atoms with E-state index in [2.05, 4.69) is 4.98 Å². The summed E-state index contributed by atoms with van der Waals surface area (Å²) < 4.78 is 2.61. The molecule has 0 saturated heterocycles. The molecule has 0 aliphatic rings. The second kappa shape index (κ2) is 4.56. The first-order valence-corrected chi connectivity index (χ1v) is 7.47. The number of hydrogen-bond donors (Lipinski definition) is 0. The van der Waals surface area contributed by atoms with Gasteiger partial charge in [-0.3, -0.25) is 0 Å². The molecule has 0 N–H and O–H groups in total. The third kappa shape index (κ3) is 1.91. The van der Waals surface area contributed by atoms with Gasteiger partial charge in [0.2, 0.25) is 0 Å². The predicted molar refractivity (Wildman–Crippen MR) is 74.3 cm³/mol. The Morgan fingerprint density at radius 3 is 2.67 bits per heavy atom. The van der Waals surface area contributed by atoms with Gasteiger partial charge in [-0.25, -0.2) is 0 Å². The molecule has 0 saturated carbocycles. The molecular weight excluding hydrogens is 338 g/mol. The molecule has 18 heavy (non-hydrogen) atoms. The average molecular weight is 344 g/mol. The Labute approximate surface area is 119 Å². The zero-order valence-electron chi connectivity index (χ0n) is 8.93. The van der Waals surface area contributed by atoms with Crippen molar-refractivity contribution in [3.8, 4) is 5.82 Å². The summed E-state index contributed by atoms with van der Waals surface area (Å²) in [5.41, 5.74) is -0.0673. The van der Waals surface area contributed by atoms with Crippen LogP contribution in [-0.2, 0) is 0 Å². The Kier molecular flexibility index (Phi) is 3.04. The topological polar surface area (TPSA) is 34.9 Å². The van der Waals surface area contributed by atoms with Crippen molar-refractivity contribution in [3.05, 3.63) is 56.9 Å². The third-order valence-corrected chi connectivity index (χ3v) is 5.45. The van der Waals surface area contributed by atoms with Crippen LogP contribution in [0.2, 0.25) is 10.0 Å². The number of fused-ring (bicyclic) bond motifs is 1. The molecule has 2 heterocycles. The number of aromatic nitrogens is 2. The fraction of sp³-hybridized carbons (Fsp3) is 0. The minimum absolute atomic E-state index is 0.0673. The Hall–Kier alpha value is -1.06. The Bertz CT molecular complexity index is 780. The normalized spacial score (nSPS) is 11.0. The number of hydrogen-bond acceptors (Lipinski definition) is 2. The fourth-order valence-corrected chi connectivity index (χ4v) is 4.21. The van der Waals surface area contributed by atoms with Gasteiger partial charge in [0.15, 0.2) is 0 Å². The van der Waals surface area contributed by atoms with Gasteiger partial charge in [-0.05, 0) is 0 Å². The van der Waals surface area contributed by atoms with Gasteiger partial charge in [0.05, 0.1) is 0 Å². The molecule has 0 spiro atoms. The van der Waals surface area contributed by atoms with Gasteiger partial charge in [0.1, 0.15) is 0 Å². The second-order valence-corrected chi connectivity index (χ2v) is 6.53. The fourth-order valence-electron chi connectivity index (χ4n) is 1.65. The molecule has 0 amide bonds. The summed E-state index contributed by atoms with van der Waals surface area (Å²) in [6, 6.07) is 8.88. The molecule has 3 nitrogen and oxygen atoms in total. The van der Waals surface area contributed by atoms with Crippen LogP contribution in [0.3, 0.4) is 0 Å². The van der Waals surface area contributed by atoms with E-state index in [1.807, 2.05) is 18.2 Å². The number of pyridine rings is 1. The average Bonchev–Trinajstić information content (AvgIpc) is 2.69. The van der Waals surface area contributed by atoms with Crippen molar-refractivity contribution in [2.45, 2.75) is 0 Å². The van der Waals surface area contributed by atoms with Gasteiger partial charge in [-0.15, -0.1) is 0 Å². The molecule has 90 valence electrons. The van der Waals surface area contributed by atoms with E-state index < -0.39 is 0 Å². The third-order valence-electron chi connectivity index (χ3n) is 2.48. The Balaban J connectivity index is 2.33. The van der Waals surface area contributed by atoms with Gasteiger partial charge < -0.3 is 0 Å². The first kappa shape index (κ1) is 12.0. The summed E-state index contributed by atoms with van der Waals surface area (Å²) in [6.45, 7) is 0. The number of nitrogens with zero attached hydrogens (tertiary/aromatic N) is 2. The molecule has 0 aliphatic carbocycles. The monoisotopic (exact) mass is 344 g/mol. The van der Waals surface area contributed by atoms with Crippen LogP contribution in [0.1, 0.15) is 0 Å². The molecule has 3 aromatic rings. The van der Waals surface area contributed by atoms with E-state index in [1.54, 1.807) is 21.9 Å². The molecule has 0 radical (unpaired) electrons. The Morgan fingerprint density at radius 2 is 1.94 bits per heavy atom. The molecule has 6 heteroatoms. The van der Waals surface area contributed by atoms with Crippen LogP contribution < -0.4 is 5.56 Å². The van der Waals surface area contributed by atoms with Gasteiger partial charge in [-0.1, -0.05) is 0 Å². The number of benzene rings is 1. The van der Waals surface area contributed by atoms with E-state index >= 15 is 0 Å². The van der Waals surface area contributed by atoms with Crippen molar-refractivity contribution >= 4 is 47.6 Å². The molecule has 1 aromatic carbocycles. The molecule has 2 aromatic heterocycles. The molecule has 0 bridgehead atoms. The maximum absolute atomic E-state index is 12.3. The van der Waals surface area contributed by atoms with Crippen molar-refractivity contribution in [1.82, 2.24) is 8.55 Å². The van der Waals surface area contributed by atoms with Crippen molar-refractivity contribution in [1.29, 1.82) is 0 Å². The van der Waals surface area contributed by atoms with Crippen molar-refractivity contribution in [2.75, 3.05) is 0 Å². The standard InChI is InChI=1S/C12H6Cl2N2OSe/c13-8-5-7-10(6-9(8)14)18-16(12(7)17)11-3-1-2-4-15-11/h1-6H. The van der Waals surface area contributed by atoms with E-state index in [4.69, 9.17) is 23.2 Å². The van der Waals surface area contributed by atoms with Crippen LogP contribution in [0.15, 0.2) is 41.3 Å². The molecule has 3 rings (SSSR count). The van der Waals surface area contributed by atoms with E-state index in [0.717, 1.165) is 4.26 Å². The zero-order valence-corrected chi connectivity index (χ0v) is 12.2. The van der Waals surface area contributed by atoms with E-state index in [-0.39, 0.29) is 20.3 Å². The van der Waals surface area contributed by atoms with Crippen LogP contribution >= 0.6 is 23.2 Å². The summed E-state index contributed by atoms with van der Waals surface area (Å²) >= 11 is 11.8. The van der Waals surface area contributed by atoms with Gasteiger partial charge in [0.25, 0.3) is 0 Å². The Morgan fingerprint density at radius 1 is 1.17 bits per heavy atom. The second-order valence-electron chi connectivity index (χ2n) is 3.64.